The number of H-pyrrole nitrogens is 1. The van der Waals surface area contributed by atoms with Crippen LogP contribution in [0.4, 0.5) is 0 Å². The van der Waals surface area contributed by atoms with Crippen molar-refractivity contribution in [1.29, 1.82) is 0 Å². The predicted octanol–water partition coefficient (Wildman–Crippen LogP) is 4.89. The fourth-order valence-corrected chi connectivity index (χ4v) is 3.13. The lowest BCUT2D eigenvalue weighted by Gasteiger charge is -2.06. The number of fused-ring (bicyclic) bond motifs is 1. The number of allylic oxidation sites excluding steroid dienone is 1. The van der Waals surface area contributed by atoms with Crippen LogP contribution in [0.15, 0.2) is 30.3 Å². The van der Waals surface area contributed by atoms with Gasteiger partial charge in [-0.15, -0.1) is 0 Å². The molecule has 0 fully saturated rings. The molecule has 0 spiro atoms. The molecule has 0 aliphatic rings. The van der Waals surface area contributed by atoms with Crippen LogP contribution >= 0.6 is 0 Å². The van der Waals surface area contributed by atoms with Crippen molar-refractivity contribution in [2.45, 2.75) is 64.3 Å². The van der Waals surface area contributed by atoms with Crippen LogP contribution in [0.1, 0.15) is 63.1 Å². The highest BCUT2D eigenvalue weighted by molar-refractivity contribution is 5.88. The van der Waals surface area contributed by atoms with Crippen LogP contribution in [0.5, 0.6) is 0 Å². The maximum Gasteiger partial charge on any atom is 0.320 e. The molecule has 0 saturated carbocycles. The van der Waals surface area contributed by atoms with Crippen LogP contribution < -0.4 is 5.73 Å². The zero-order valence-electron chi connectivity index (χ0n) is 15.1. The van der Waals surface area contributed by atoms with E-state index in [9.17, 15) is 4.79 Å². The van der Waals surface area contributed by atoms with Crippen LogP contribution in [0.3, 0.4) is 0 Å². The summed E-state index contributed by atoms with van der Waals surface area (Å²) in [7, 11) is 0. The quantitative estimate of drug-likeness (QED) is 0.509. The molecule has 1 heterocycles. The molecule has 2 rings (SSSR count). The van der Waals surface area contributed by atoms with Crippen molar-refractivity contribution < 1.29 is 9.90 Å². The van der Waals surface area contributed by atoms with Crippen molar-refractivity contribution in [3.63, 3.8) is 0 Å². The van der Waals surface area contributed by atoms with Gasteiger partial charge in [0.1, 0.15) is 6.04 Å². The molecule has 25 heavy (non-hydrogen) atoms. The number of aromatic amines is 1. The van der Waals surface area contributed by atoms with E-state index < -0.39 is 12.0 Å². The number of hydrogen-bond acceptors (Lipinski definition) is 2. The van der Waals surface area contributed by atoms with Gasteiger partial charge in [0.25, 0.3) is 0 Å². The van der Waals surface area contributed by atoms with Gasteiger partial charge in [-0.05, 0) is 30.5 Å². The highest BCUT2D eigenvalue weighted by Gasteiger charge is 2.17. The number of hydrogen-bond donors (Lipinski definition) is 3. The summed E-state index contributed by atoms with van der Waals surface area (Å²) in [6.07, 6.45) is 13.4. The van der Waals surface area contributed by atoms with E-state index in [0.717, 1.165) is 28.6 Å². The molecule has 4 nitrogen and oxygen atoms in total. The third kappa shape index (κ3) is 5.75. The number of aromatic nitrogens is 1. The average molecular weight is 342 g/mol. The Kier molecular flexibility index (Phi) is 7.74. The van der Waals surface area contributed by atoms with Crippen molar-refractivity contribution in [2.24, 2.45) is 5.73 Å². The minimum atomic E-state index is -0.965. The minimum absolute atomic E-state index is 0.329. The van der Waals surface area contributed by atoms with E-state index in [-0.39, 0.29) is 0 Å². The number of aliphatic carboxylic acids is 1. The number of rotatable bonds is 11. The lowest BCUT2D eigenvalue weighted by Crippen LogP contribution is -2.32. The van der Waals surface area contributed by atoms with Gasteiger partial charge < -0.3 is 15.8 Å². The molecule has 0 amide bonds. The van der Waals surface area contributed by atoms with Gasteiger partial charge in [0, 0.05) is 23.0 Å². The molecule has 2 aromatic rings. The van der Waals surface area contributed by atoms with Gasteiger partial charge in [0.2, 0.25) is 0 Å². The summed E-state index contributed by atoms with van der Waals surface area (Å²) >= 11 is 0. The molecule has 4 heteroatoms. The number of nitrogens with one attached hydrogen (secondary N) is 1. The average Bonchev–Trinajstić information content (AvgIpc) is 2.95. The molecule has 1 aromatic heterocycles. The summed E-state index contributed by atoms with van der Waals surface area (Å²) in [4.78, 5) is 14.5. The fourth-order valence-electron chi connectivity index (χ4n) is 3.13. The second-order valence-electron chi connectivity index (χ2n) is 6.67. The van der Waals surface area contributed by atoms with Gasteiger partial charge in [-0.3, -0.25) is 4.79 Å². The standard InChI is InChI=1S/C21H30N2O2/c1-2-3-4-5-6-7-8-9-13-20-17(15-18(22)21(24)25)16-12-10-11-14-19(16)23-20/h9-14,18,23H,2-8,15,22H2,1H3,(H,24,25)/b13-9+/t18-/m0/s1. The molecular weight excluding hydrogens is 312 g/mol. The molecule has 136 valence electrons. The Morgan fingerprint density at radius 3 is 2.68 bits per heavy atom. The second-order valence-corrected chi connectivity index (χ2v) is 6.67. The number of carboxylic acid groups (broad SMARTS) is 1. The van der Waals surface area contributed by atoms with E-state index in [1.807, 2.05) is 24.3 Å². The van der Waals surface area contributed by atoms with Crippen LogP contribution in [-0.2, 0) is 11.2 Å². The SMILES string of the molecule is CCCCCCCC/C=C/c1[nH]c2ccccc2c1C[C@H](N)C(=O)O. The van der Waals surface area contributed by atoms with E-state index >= 15 is 0 Å². The molecule has 0 unspecified atom stereocenters. The van der Waals surface area contributed by atoms with E-state index in [4.69, 9.17) is 10.8 Å². The molecule has 0 bridgehead atoms. The van der Waals surface area contributed by atoms with Crippen molar-refractivity contribution >= 4 is 22.9 Å². The van der Waals surface area contributed by atoms with Gasteiger partial charge in [0.05, 0.1) is 0 Å². The number of carbonyl (C=O) groups is 1. The Morgan fingerprint density at radius 1 is 1.20 bits per heavy atom. The third-order valence-electron chi connectivity index (χ3n) is 4.60. The number of unbranched alkanes of at least 4 members (excludes halogenated alkanes) is 6. The Bertz CT molecular complexity index is 703. The molecule has 4 N–H and O–H groups in total. The number of para-hydroxylation sites is 1. The molecule has 0 saturated heterocycles. The summed E-state index contributed by atoms with van der Waals surface area (Å²) in [5.74, 6) is -0.965. The van der Waals surface area contributed by atoms with Crippen molar-refractivity contribution in [3.05, 3.63) is 41.6 Å². The van der Waals surface area contributed by atoms with Gasteiger partial charge in [-0.2, -0.15) is 0 Å². The normalized spacial score (nSPS) is 12.9. The monoisotopic (exact) mass is 342 g/mol. The predicted molar refractivity (Wildman–Crippen MR) is 105 cm³/mol. The van der Waals surface area contributed by atoms with Crippen LogP contribution in [0.2, 0.25) is 0 Å². The number of carboxylic acids is 1. The summed E-state index contributed by atoms with van der Waals surface area (Å²) in [5.41, 5.74) is 8.75. The van der Waals surface area contributed by atoms with Crippen LogP contribution in [-0.4, -0.2) is 22.1 Å². The van der Waals surface area contributed by atoms with Crippen molar-refractivity contribution in [3.8, 4) is 0 Å². The lowest BCUT2D eigenvalue weighted by atomic mass is 10.0. The smallest absolute Gasteiger partial charge is 0.320 e. The first kappa shape index (κ1) is 19.3. The first-order chi connectivity index (χ1) is 12.1. The molecular formula is C21H30N2O2. The molecule has 0 radical (unpaired) electrons. The maximum absolute atomic E-state index is 11.1. The highest BCUT2D eigenvalue weighted by atomic mass is 16.4. The fraction of sp³-hybridized carbons (Fsp3) is 0.476. The number of nitrogens with two attached hydrogens (primary N) is 1. The summed E-state index contributed by atoms with van der Waals surface area (Å²) < 4.78 is 0. The Labute approximate surface area is 150 Å². The van der Waals surface area contributed by atoms with E-state index in [1.165, 1.54) is 38.5 Å². The molecule has 1 atom stereocenters. The Balaban J connectivity index is 2.01. The largest absolute Gasteiger partial charge is 0.480 e. The lowest BCUT2D eigenvalue weighted by molar-refractivity contribution is -0.138. The van der Waals surface area contributed by atoms with Crippen molar-refractivity contribution in [2.75, 3.05) is 0 Å². The molecule has 0 aliphatic carbocycles. The van der Waals surface area contributed by atoms with Crippen LogP contribution in [0.25, 0.3) is 17.0 Å². The minimum Gasteiger partial charge on any atom is -0.480 e. The zero-order chi connectivity index (χ0) is 18.1. The highest BCUT2D eigenvalue weighted by Crippen LogP contribution is 2.25. The van der Waals surface area contributed by atoms with E-state index in [1.54, 1.807) is 0 Å². The van der Waals surface area contributed by atoms with E-state index in [2.05, 4.69) is 24.1 Å². The zero-order valence-corrected chi connectivity index (χ0v) is 15.1. The van der Waals surface area contributed by atoms with Crippen molar-refractivity contribution in [1.82, 2.24) is 4.98 Å². The first-order valence-corrected chi connectivity index (χ1v) is 9.38. The molecule has 0 aliphatic heterocycles. The summed E-state index contributed by atoms with van der Waals surface area (Å²) in [6, 6.07) is 7.08. The number of benzene rings is 1. The van der Waals surface area contributed by atoms with Gasteiger partial charge >= 0.3 is 5.97 Å². The maximum atomic E-state index is 11.1. The third-order valence-corrected chi connectivity index (χ3v) is 4.60. The van der Waals surface area contributed by atoms with Gasteiger partial charge in [-0.25, -0.2) is 0 Å². The van der Waals surface area contributed by atoms with Crippen LogP contribution in [0, 0.1) is 0 Å². The Morgan fingerprint density at radius 2 is 1.92 bits per heavy atom. The summed E-state index contributed by atoms with van der Waals surface area (Å²) in [6.45, 7) is 2.23. The van der Waals surface area contributed by atoms with E-state index in [0.29, 0.717) is 6.42 Å². The summed E-state index contributed by atoms with van der Waals surface area (Å²) in [5, 5.41) is 10.2. The molecule has 1 aromatic carbocycles. The topological polar surface area (TPSA) is 79.1 Å². The van der Waals surface area contributed by atoms with Gasteiger partial charge in [-0.1, -0.05) is 63.3 Å². The first-order valence-electron chi connectivity index (χ1n) is 9.38. The van der Waals surface area contributed by atoms with Gasteiger partial charge in [0.15, 0.2) is 0 Å². The Hall–Kier alpha value is -2.07. The second kappa shape index (κ2) is 10.0.